The number of anilines is 1. The summed E-state index contributed by atoms with van der Waals surface area (Å²) in [5.41, 5.74) is 3.35. The third-order valence-electron chi connectivity index (χ3n) is 5.38. The van der Waals surface area contributed by atoms with Crippen LogP contribution in [0.1, 0.15) is 10.4 Å². The Hall–Kier alpha value is -2.98. The molecule has 4 heterocycles. The van der Waals surface area contributed by atoms with Crippen LogP contribution in [0, 0.1) is 0 Å². The van der Waals surface area contributed by atoms with E-state index in [-0.39, 0.29) is 11.9 Å². The Morgan fingerprint density at radius 1 is 1.13 bits per heavy atom. The van der Waals surface area contributed by atoms with Gasteiger partial charge in [0.1, 0.15) is 11.3 Å². The van der Waals surface area contributed by atoms with Crippen LogP contribution in [-0.4, -0.2) is 64.1 Å². The molecule has 10 heteroatoms. The average molecular weight is 470 g/mol. The molecule has 2 aliphatic heterocycles. The Morgan fingerprint density at radius 2 is 1.97 bits per heavy atom. The van der Waals surface area contributed by atoms with E-state index in [1.54, 1.807) is 17.2 Å². The van der Waals surface area contributed by atoms with Crippen molar-refractivity contribution >= 4 is 44.7 Å². The third kappa shape index (κ3) is 3.31. The van der Waals surface area contributed by atoms with Crippen LogP contribution in [0.2, 0.25) is 0 Å². The molecule has 2 aromatic heterocycles. The van der Waals surface area contributed by atoms with E-state index in [0.717, 1.165) is 28.6 Å². The van der Waals surface area contributed by atoms with Gasteiger partial charge in [0.15, 0.2) is 5.65 Å². The summed E-state index contributed by atoms with van der Waals surface area (Å²) < 4.78 is 2.80. The number of aromatic nitrogens is 3. The van der Waals surface area contributed by atoms with Gasteiger partial charge < -0.3 is 25.4 Å². The van der Waals surface area contributed by atoms with Crippen LogP contribution in [0.15, 0.2) is 34.9 Å². The smallest absolute Gasteiger partial charge is 0.321 e. The predicted octanol–water partition coefficient (Wildman–Crippen LogP) is 2.04. The van der Waals surface area contributed by atoms with E-state index in [9.17, 15) is 9.59 Å². The van der Waals surface area contributed by atoms with Crippen LogP contribution in [-0.2, 0) is 6.54 Å². The van der Waals surface area contributed by atoms with Gasteiger partial charge in [-0.05, 0) is 40.2 Å². The molecule has 3 N–H and O–H groups in total. The highest BCUT2D eigenvalue weighted by molar-refractivity contribution is 9.10. The molecular weight excluding hydrogens is 450 g/mol. The number of nitrogens with zero attached hydrogens (tertiary/aromatic N) is 4. The van der Waals surface area contributed by atoms with Crippen molar-refractivity contribution < 1.29 is 9.59 Å². The monoisotopic (exact) mass is 469 g/mol. The molecule has 5 rings (SSSR count). The number of amides is 3. The van der Waals surface area contributed by atoms with E-state index in [1.165, 1.54) is 0 Å². The van der Waals surface area contributed by atoms with Gasteiger partial charge in [-0.25, -0.2) is 14.8 Å². The zero-order chi connectivity index (χ0) is 20.7. The van der Waals surface area contributed by atoms with E-state index in [1.807, 2.05) is 22.8 Å². The van der Waals surface area contributed by atoms with E-state index in [0.29, 0.717) is 48.9 Å². The number of hydrogen-bond donors (Lipinski definition) is 3. The second kappa shape index (κ2) is 7.69. The lowest BCUT2D eigenvalue weighted by atomic mass is 10.2. The summed E-state index contributed by atoms with van der Waals surface area (Å²) in [5.74, 6) is 0.596. The van der Waals surface area contributed by atoms with Crippen LogP contribution in [0.5, 0.6) is 0 Å². The van der Waals surface area contributed by atoms with Crippen molar-refractivity contribution in [2.45, 2.75) is 6.54 Å². The molecule has 0 atom stereocenters. The fraction of sp³-hybridized carbons (Fsp3) is 0.300. The van der Waals surface area contributed by atoms with Crippen molar-refractivity contribution in [2.24, 2.45) is 0 Å². The number of halogens is 1. The van der Waals surface area contributed by atoms with Crippen molar-refractivity contribution in [3.63, 3.8) is 0 Å². The molecule has 0 radical (unpaired) electrons. The molecule has 3 amide bonds. The average Bonchev–Trinajstić information content (AvgIpc) is 3.05. The lowest BCUT2D eigenvalue weighted by molar-refractivity contribution is 0.0956. The standard InChI is InChI=1S/C20H20BrN7O2/c21-14-2-1-12(11-15(14)25-20(30)27-8-5-22-6-9-27)18-26-17-16-13(3-4-23-17)19(29)24-7-10-28(16)18/h1-4,11,22H,5-10H2,(H,24,29)(H,25,30). The van der Waals surface area contributed by atoms with Crippen LogP contribution in [0.4, 0.5) is 10.5 Å². The number of hydrogen-bond acceptors (Lipinski definition) is 5. The Balaban J connectivity index is 1.53. The summed E-state index contributed by atoms with van der Waals surface area (Å²) >= 11 is 3.53. The molecule has 0 unspecified atom stereocenters. The summed E-state index contributed by atoms with van der Waals surface area (Å²) in [6.45, 7) is 4.04. The zero-order valence-corrected chi connectivity index (χ0v) is 17.7. The minimum Gasteiger partial charge on any atom is -0.350 e. The number of carbonyl (C=O) groups excluding carboxylic acids is 2. The molecular formula is C20H20BrN7O2. The molecule has 1 saturated heterocycles. The van der Waals surface area contributed by atoms with Crippen LogP contribution in [0.25, 0.3) is 22.6 Å². The Kier molecular flexibility index (Phi) is 4.87. The molecule has 3 aromatic rings. The largest absolute Gasteiger partial charge is 0.350 e. The van der Waals surface area contributed by atoms with Gasteiger partial charge in [0, 0.05) is 55.5 Å². The van der Waals surface area contributed by atoms with Gasteiger partial charge in [-0.3, -0.25) is 4.79 Å². The Bertz CT molecular complexity index is 1150. The number of urea groups is 1. The highest BCUT2D eigenvalue weighted by atomic mass is 79.9. The number of carbonyl (C=O) groups is 2. The van der Waals surface area contributed by atoms with E-state index >= 15 is 0 Å². The minimum atomic E-state index is -0.125. The Labute approximate surface area is 181 Å². The van der Waals surface area contributed by atoms with Gasteiger partial charge in [-0.1, -0.05) is 0 Å². The van der Waals surface area contributed by atoms with Gasteiger partial charge in [-0.2, -0.15) is 0 Å². The maximum absolute atomic E-state index is 12.7. The molecule has 30 heavy (non-hydrogen) atoms. The van der Waals surface area contributed by atoms with Crippen molar-refractivity contribution in [3.05, 3.63) is 40.5 Å². The lowest BCUT2D eigenvalue weighted by Gasteiger charge is -2.27. The van der Waals surface area contributed by atoms with Crippen LogP contribution >= 0.6 is 15.9 Å². The van der Waals surface area contributed by atoms with E-state index in [4.69, 9.17) is 4.98 Å². The van der Waals surface area contributed by atoms with Crippen molar-refractivity contribution in [1.29, 1.82) is 0 Å². The molecule has 154 valence electrons. The number of benzene rings is 1. The van der Waals surface area contributed by atoms with Crippen LogP contribution in [0.3, 0.4) is 0 Å². The molecule has 0 saturated carbocycles. The van der Waals surface area contributed by atoms with Gasteiger partial charge in [0.25, 0.3) is 5.91 Å². The number of pyridine rings is 1. The summed E-state index contributed by atoms with van der Waals surface area (Å²) in [6, 6.07) is 7.32. The predicted molar refractivity (Wildman–Crippen MR) is 116 cm³/mol. The first-order chi connectivity index (χ1) is 14.6. The van der Waals surface area contributed by atoms with Gasteiger partial charge >= 0.3 is 6.03 Å². The molecule has 9 nitrogen and oxygen atoms in total. The molecule has 0 aliphatic carbocycles. The summed E-state index contributed by atoms with van der Waals surface area (Å²) in [6.07, 6.45) is 1.60. The second-order valence-corrected chi connectivity index (χ2v) is 8.09. The van der Waals surface area contributed by atoms with E-state index < -0.39 is 0 Å². The fourth-order valence-electron chi connectivity index (χ4n) is 3.88. The summed E-state index contributed by atoms with van der Waals surface area (Å²) in [5, 5.41) is 9.15. The van der Waals surface area contributed by atoms with Crippen LogP contribution < -0.4 is 16.0 Å². The first-order valence-electron chi connectivity index (χ1n) is 9.82. The number of nitrogens with one attached hydrogen (secondary N) is 3. The highest BCUT2D eigenvalue weighted by Gasteiger charge is 2.23. The lowest BCUT2D eigenvalue weighted by Crippen LogP contribution is -2.48. The molecule has 0 bridgehead atoms. The molecule has 1 aromatic carbocycles. The maximum atomic E-state index is 12.7. The van der Waals surface area contributed by atoms with Crippen molar-refractivity contribution in [1.82, 2.24) is 30.1 Å². The third-order valence-corrected chi connectivity index (χ3v) is 6.07. The quantitative estimate of drug-likeness (QED) is 0.532. The maximum Gasteiger partial charge on any atom is 0.321 e. The molecule has 2 aliphatic rings. The molecule has 1 fully saturated rings. The van der Waals surface area contributed by atoms with Gasteiger partial charge in [-0.15, -0.1) is 0 Å². The summed E-state index contributed by atoms with van der Waals surface area (Å²) in [4.78, 5) is 35.9. The first kappa shape index (κ1) is 19.0. The molecule has 0 spiro atoms. The fourth-order valence-corrected chi connectivity index (χ4v) is 4.22. The van der Waals surface area contributed by atoms with Gasteiger partial charge in [0.2, 0.25) is 0 Å². The second-order valence-electron chi connectivity index (χ2n) is 7.24. The minimum absolute atomic E-state index is 0.118. The highest BCUT2D eigenvalue weighted by Crippen LogP contribution is 2.32. The normalized spacial score (nSPS) is 16.3. The SMILES string of the molecule is O=C1NCCn2c(-c3ccc(Br)c(NC(=O)N4CCNCC4)c3)nc3nccc1c32. The summed E-state index contributed by atoms with van der Waals surface area (Å²) in [7, 11) is 0. The van der Waals surface area contributed by atoms with Crippen molar-refractivity contribution in [2.75, 3.05) is 38.0 Å². The first-order valence-corrected chi connectivity index (χ1v) is 10.6. The number of piperazine rings is 1. The zero-order valence-electron chi connectivity index (χ0n) is 16.1. The van der Waals surface area contributed by atoms with Gasteiger partial charge in [0.05, 0.1) is 11.3 Å². The number of rotatable bonds is 2. The van der Waals surface area contributed by atoms with Crippen molar-refractivity contribution in [3.8, 4) is 11.4 Å². The topological polar surface area (TPSA) is 104 Å². The number of imidazole rings is 1. The van der Waals surface area contributed by atoms with E-state index in [2.05, 4.69) is 36.9 Å². The Morgan fingerprint density at radius 3 is 2.80 bits per heavy atom.